The van der Waals surface area contributed by atoms with Crippen molar-refractivity contribution in [3.05, 3.63) is 100 Å². The second-order valence-electron chi connectivity index (χ2n) is 7.17. The third-order valence-electron chi connectivity index (χ3n) is 5.07. The first kappa shape index (κ1) is 20.5. The molecular formula is C25H17F3O3. The Balaban J connectivity index is 1.68. The second kappa shape index (κ2) is 8.14. The Morgan fingerprint density at radius 2 is 1.55 bits per heavy atom. The normalized spacial score (nSPS) is 14.1. The number of allylic oxidation sites excluding steroid dienone is 2. The van der Waals surface area contributed by atoms with E-state index in [1.54, 1.807) is 37.3 Å². The number of fused-ring (bicyclic) bond motifs is 1. The largest absolute Gasteiger partial charge is 0.481 e. The van der Waals surface area contributed by atoms with E-state index in [1.807, 2.05) is 0 Å². The van der Waals surface area contributed by atoms with Gasteiger partial charge in [0, 0.05) is 11.6 Å². The van der Waals surface area contributed by atoms with E-state index in [-0.39, 0.29) is 23.4 Å². The standard InChI is InChI=1S/C25H17F3O3/c1-14-20(13-24(29)30)22-11-17(27)12-23(28)25(22)21(14)10-15-2-6-18(7-3-15)31-19-8-4-16(26)5-9-19/h2-12H,13H2,1H3,(H,29,30)/b21-10-. The molecule has 31 heavy (non-hydrogen) atoms. The van der Waals surface area contributed by atoms with Crippen LogP contribution >= 0.6 is 0 Å². The number of aliphatic carboxylic acids is 1. The summed E-state index contributed by atoms with van der Waals surface area (Å²) in [4.78, 5) is 11.3. The Hall–Kier alpha value is -3.80. The molecule has 0 heterocycles. The summed E-state index contributed by atoms with van der Waals surface area (Å²) < 4.78 is 47.1. The highest BCUT2D eigenvalue weighted by Crippen LogP contribution is 2.45. The molecule has 0 amide bonds. The first-order valence-electron chi connectivity index (χ1n) is 9.48. The van der Waals surface area contributed by atoms with Gasteiger partial charge in [0.1, 0.15) is 29.0 Å². The number of halogens is 3. The molecule has 0 fully saturated rings. The first-order chi connectivity index (χ1) is 14.8. The van der Waals surface area contributed by atoms with Gasteiger partial charge in [-0.15, -0.1) is 0 Å². The summed E-state index contributed by atoms with van der Waals surface area (Å²) in [6, 6.07) is 14.5. The second-order valence-corrected chi connectivity index (χ2v) is 7.17. The van der Waals surface area contributed by atoms with Gasteiger partial charge in [0.15, 0.2) is 0 Å². The van der Waals surface area contributed by atoms with Crippen LogP contribution in [0.15, 0.2) is 66.2 Å². The van der Waals surface area contributed by atoms with Crippen LogP contribution in [0.1, 0.15) is 30.0 Å². The lowest BCUT2D eigenvalue weighted by Gasteiger charge is -2.08. The van der Waals surface area contributed by atoms with Crippen LogP contribution in [-0.2, 0) is 4.79 Å². The fourth-order valence-corrected chi connectivity index (χ4v) is 3.63. The average Bonchev–Trinajstić information content (AvgIpc) is 2.96. The van der Waals surface area contributed by atoms with Crippen LogP contribution in [-0.4, -0.2) is 11.1 Å². The molecule has 1 aliphatic carbocycles. The molecule has 0 atom stereocenters. The number of hydrogen-bond donors (Lipinski definition) is 1. The van der Waals surface area contributed by atoms with E-state index in [2.05, 4.69) is 0 Å². The van der Waals surface area contributed by atoms with Gasteiger partial charge in [0.2, 0.25) is 0 Å². The third kappa shape index (κ3) is 4.23. The molecule has 0 aromatic heterocycles. The number of carboxylic acid groups (broad SMARTS) is 1. The molecule has 1 aliphatic rings. The Labute approximate surface area is 176 Å². The zero-order chi connectivity index (χ0) is 22.1. The van der Waals surface area contributed by atoms with Crippen LogP contribution in [0.3, 0.4) is 0 Å². The van der Waals surface area contributed by atoms with E-state index in [0.29, 0.717) is 28.2 Å². The molecule has 0 aliphatic heterocycles. The van der Waals surface area contributed by atoms with Crippen LogP contribution < -0.4 is 4.74 Å². The van der Waals surface area contributed by atoms with E-state index in [9.17, 15) is 23.1 Å². The van der Waals surface area contributed by atoms with Gasteiger partial charge >= 0.3 is 5.97 Å². The van der Waals surface area contributed by atoms with Gasteiger partial charge in [-0.2, -0.15) is 0 Å². The molecular weight excluding hydrogens is 405 g/mol. The van der Waals surface area contributed by atoms with Gasteiger partial charge in [-0.3, -0.25) is 4.79 Å². The maximum absolute atomic E-state index is 14.6. The van der Waals surface area contributed by atoms with Crippen molar-refractivity contribution in [3.63, 3.8) is 0 Å². The highest BCUT2D eigenvalue weighted by molar-refractivity contribution is 6.07. The molecule has 0 spiro atoms. The molecule has 1 N–H and O–H groups in total. The molecule has 0 saturated carbocycles. The van der Waals surface area contributed by atoms with Crippen molar-refractivity contribution < 1.29 is 27.8 Å². The summed E-state index contributed by atoms with van der Waals surface area (Å²) in [6.07, 6.45) is 1.40. The van der Waals surface area contributed by atoms with Gasteiger partial charge in [-0.25, -0.2) is 13.2 Å². The van der Waals surface area contributed by atoms with Gasteiger partial charge in [-0.05, 0) is 83.3 Å². The van der Waals surface area contributed by atoms with Crippen LogP contribution in [0, 0.1) is 17.5 Å². The number of ether oxygens (including phenoxy) is 1. The monoisotopic (exact) mass is 422 g/mol. The Morgan fingerprint density at radius 3 is 2.16 bits per heavy atom. The van der Waals surface area contributed by atoms with Crippen LogP contribution in [0.5, 0.6) is 11.5 Å². The van der Waals surface area contributed by atoms with E-state index in [1.165, 1.54) is 30.3 Å². The van der Waals surface area contributed by atoms with Crippen LogP contribution in [0.4, 0.5) is 13.2 Å². The maximum atomic E-state index is 14.6. The summed E-state index contributed by atoms with van der Waals surface area (Å²) >= 11 is 0. The molecule has 4 rings (SSSR count). The minimum Gasteiger partial charge on any atom is -0.481 e. The maximum Gasteiger partial charge on any atom is 0.307 e. The van der Waals surface area contributed by atoms with Crippen molar-refractivity contribution in [1.29, 1.82) is 0 Å². The smallest absolute Gasteiger partial charge is 0.307 e. The van der Waals surface area contributed by atoms with Crippen molar-refractivity contribution in [3.8, 4) is 11.5 Å². The summed E-state index contributed by atoms with van der Waals surface area (Å²) in [6.45, 7) is 1.70. The van der Waals surface area contributed by atoms with Crippen LogP contribution in [0.2, 0.25) is 0 Å². The molecule has 3 nitrogen and oxygen atoms in total. The number of carboxylic acids is 1. The zero-order valence-electron chi connectivity index (χ0n) is 16.5. The lowest BCUT2D eigenvalue weighted by Crippen LogP contribution is -1.98. The number of carbonyl (C=O) groups is 1. The Bertz CT molecular complexity index is 1220. The fourth-order valence-electron chi connectivity index (χ4n) is 3.63. The van der Waals surface area contributed by atoms with Gasteiger partial charge in [0.25, 0.3) is 0 Å². The SMILES string of the molecule is CC1=C(CC(=O)O)c2cc(F)cc(F)c2/C1=C\c1ccc(Oc2ccc(F)cc2)cc1. The van der Waals surface area contributed by atoms with E-state index in [4.69, 9.17) is 4.74 Å². The highest BCUT2D eigenvalue weighted by Gasteiger charge is 2.28. The minimum atomic E-state index is -1.08. The molecule has 3 aromatic carbocycles. The number of benzene rings is 3. The Morgan fingerprint density at radius 1 is 0.935 bits per heavy atom. The summed E-state index contributed by atoms with van der Waals surface area (Å²) in [5, 5.41) is 9.22. The summed E-state index contributed by atoms with van der Waals surface area (Å²) in [7, 11) is 0. The predicted molar refractivity (Wildman–Crippen MR) is 112 cm³/mol. The summed E-state index contributed by atoms with van der Waals surface area (Å²) in [5.74, 6) is -1.91. The van der Waals surface area contributed by atoms with Crippen LogP contribution in [0.25, 0.3) is 17.2 Å². The van der Waals surface area contributed by atoms with Crippen molar-refractivity contribution in [2.24, 2.45) is 0 Å². The third-order valence-corrected chi connectivity index (χ3v) is 5.07. The quantitative estimate of drug-likeness (QED) is 0.498. The topological polar surface area (TPSA) is 46.5 Å². The van der Waals surface area contributed by atoms with Crippen molar-refractivity contribution >= 4 is 23.2 Å². The lowest BCUT2D eigenvalue weighted by molar-refractivity contribution is -0.135. The molecule has 0 unspecified atom stereocenters. The minimum absolute atomic E-state index is 0.196. The molecule has 6 heteroatoms. The molecule has 3 aromatic rings. The van der Waals surface area contributed by atoms with Gasteiger partial charge in [0.05, 0.1) is 6.42 Å². The number of hydrogen-bond acceptors (Lipinski definition) is 2. The average molecular weight is 422 g/mol. The fraction of sp³-hybridized carbons (Fsp3) is 0.0800. The van der Waals surface area contributed by atoms with E-state index >= 15 is 0 Å². The highest BCUT2D eigenvalue weighted by atomic mass is 19.1. The van der Waals surface area contributed by atoms with Gasteiger partial charge < -0.3 is 9.84 Å². The van der Waals surface area contributed by atoms with Crippen molar-refractivity contribution in [1.82, 2.24) is 0 Å². The van der Waals surface area contributed by atoms with Gasteiger partial charge in [-0.1, -0.05) is 12.1 Å². The van der Waals surface area contributed by atoms with E-state index < -0.39 is 17.6 Å². The van der Waals surface area contributed by atoms with Crippen molar-refractivity contribution in [2.45, 2.75) is 13.3 Å². The molecule has 0 bridgehead atoms. The molecule has 0 radical (unpaired) electrons. The van der Waals surface area contributed by atoms with Crippen molar-refractivity contribution in [2.75, 3.05) is 0 Å². The predicted octanol–water partition coefficient (Wildman–Crippen LogP) is 6.70. The number of rotatable bonds is 5. The lowest BCUT2D eigenvalue weighted by atomic mass is 10.00. The first-order valence-corrected chi connectivity index (χ1v) is 9.48. The molecule has 0 saturated heterocycles. The zero-order valence-corrected chi connectivity index (χ0v) is 16.5. The van der Waals surface area contributed by atoms with E-state index in [0.717, 1.165) is 11.6 Å². The summed E-state index contributed by atoms with van der Waals surface area (Å²) in [5.41, 5.74) is 2.68. The Kier molecular flexibility index (Phi) is 5.38. The molecule has 156 valence electrons.